The number of quaternary nitrogens is 1. The van der Waals surface area contributed by atoms with Gasteiger partial charge >= 0.3 is 0 Å². The first-order chi connectivity index (χ1) is 11.4. The molecule has 128 valence electrons. The van der Waals surface area contributed by atoms with Gasteiger partial charge in [-0.15, -0.1) is 0 Å². The number of amides is 1. The van der Waals surface area contributed by atoms with E-state index >= 15 is 0 Å². The van der Waals surface area contributed by atoms with Gasteiger partial charge in [0.05, 0.1) is 19.8 Å². The number of nitrogens with one attached hydrogen (secondary N) is 2. The summed E-state index contributed by atoms with van der Waals surface area (Å²) in [7, 11) is 3.42. The third-order valence-corrected chi connectivity index (χ3v) is 4.16. The van der Waals surface area contributed by atoms with Crippen molar-refractivity contribution in [3.8, 4) is 5.75 Å². The fourth-order valence-electron chi connectivity index (χ4n) is 2.36. The van der Waals surface area contributed by atoms with Crippen LogP contribution in [-0.4, -0.2) is 26.1 Å². The molecule has 0 aliphatic heterocycles. The molecule has 1 amide bonds. The zero-order chi connectivity index (χ0) is 17.7. The van der Waals surface area contributed by atoms with Crippen molar-refractivity contribution in [2.45, 2.75) is 19.5 Å². The number of methoxy groups -OCH3 is 1. The van der Waals surface area contributed by atoms with Gasteiger partial charge in [0.25, 0.3) is 5.91 Å². The number of rotatable bonds is 6. The van der Waals surface area contributed by atoms with Gasteiger partial charge in [0, 0.05) is 10.6 Å². The van der Waals surface area contributed by atoms with E-state index < -0.39 is 0 Å². The van der Waals surface area contributed by atoms with Crippen LogP contribution in [0.25, 0.3) is 0 Å². The molecule has 2 N–H and O–H groups in total. The number of hydrogen-bond acceptors (Lipinski definition) is 2. The van der Waals surface area contributed by atoms with Crippen LogP contribution in [0.5, 0.6) is 5.75 Å². The largest absolute Gasteiger partial charge is 0.495 e. The van der Waals surface area contributed by atoms with Crippen molar-refractivity contribution in [2.24, 2.45) is 0 Å². The zero-order valence-electron chi connectivity index (χ0n) is 13.9. The van der Waals surface area contributed by atoms with Gasteiger partial charge in [0.2, 0.25) is 0 Å². The highest BCUT2D eigenvalue weighted by Crippen LogP contribution is 2.27. The normalized spacial score (nSPS) is 13.2. The SMILES string of the molecule is COc1ccc(Cl)cc1NC(=O)[C@@H](C)[NH+](C)Cc1cccc(F)c1. The summed E-state index contributed by atoms with van der Waals surface area (Å²) < 4.78 is 18.5. The van der Waals surface area contributed by atoms with Crippen molar-refractivity contribution < 1.29 is 18.8 Å². The van der Waals surface area contributed by atoms with E-state index in [1.165, 1.54) is 19.2 Å². The van der Waals surface area contributed by atoms with Crippen LogP contribution in [-0.2, 0) is 11.3 Å². The van der Waals surface area contributed by atoms with Crippen molar-refractivity contribution in [2.75, 3.05) is 19.5 Å². The highest BCUT2D eigenvalue weighted by Gasteiger charge is 2.23. The lowest BCUT2D eigenvalue weighted by molar-refractivity contribution is -0.907. The van der Waals surface area contributed by atoms with E-state index in [1.807, 2.05) is 20.0 Å². The molecule has 4 nitrogen and oxygen atoms in total. The van der Waals surface area contributed by atoms with Gasteiger partial charge in [-0.2, -0.15) is 0 Å². The molecule has 0 saturated carbocycles. The summed E-state index contributed by atoms with van der Waals surface area (Å²) in [6.45, 7) is 2.36. The van der Waals surface area contributed by atoms with E-state index in [9.17, 15) is 9.18 Å². The van der Waals surface area contributed by atoms with E-state index in [2.05, 4.69) is 5.32 Å². The summed E-state index contributed by atoms with van der Waals surface area (Å²) in [5.41, 5.74) is 1.37. The topological polar surface area (TPSA) is 42.8 Å². The molecule has 2 rings (SSSR count). The molecule has 0 heterocycles. The van der Waals surface area contributed by atoms with Gasteiger partial charge in [-0.05, 0) is 37.3 Å². The van der Waals surface area contributed by atoms with Crippen LogP contribution in [0.15, 0.2) is 42.5 Å². The number of hydrogen-bond donors (Lipinski definition) is 2. The van der Waals surface area contributed by atoms with Gasteiger partial charge < -0.3 is 15.0 Å². The Morgan fingerprint density at radius 2 is 2.08 bits per heavy atom. The Kier molecular flexibility index (Phi) is 6.17. The minimum Gasteiger partial charge on any atom is -0.495 e. The van der Waals surface area contributed by atoms with Crippen LogP contribution in [0.4, 0.5) is 10.1 Å². The molecule has 0 aromatic heterocycles. The van der Waals surface area contributed by atoms with E-state index in [-0.39, 0.29) is 17.8 Å². The highest BCUT2D eigenvalue weighted by molar-refractivity contribution is 6.31. The maximum atomic E-state index is 13.3. The summed E-state index contributed by atoms with van der Waals surface area (Å²) in [6, 6.07) is 11.1. The quantitative estimate of drug-likeness (QED) is 0.840. The summed E-state index contributed by atoms with van der Waals surface area (Å²) in [5, 5.41) is 3.35. The second kappa shape index (κ2) is 8.13. The van der Waals surface area contributed by atoms with Gasteiger partial charge in [-0.25, -0.2) is 4.39 Å². The molecule has 0 aliphatic rings. The third kappa shape index (κ3) is 4.69. The molecular formula is C18H21ClFN2O2+. The number of ether oxygens (including phenoxy) is 1. The van der Waals surface area contributed by atoms with Crippen molar-refractivity contribution >= 4 is 23.2 Å². The van der Waals surface area contributed by atoms with Gasteiger partial charge in [0.1, 0.15) is 18.1 Å². The minimum absolute atomic E-state index is 0.163. The van der Waals surface area contributed by atoms with Crippen LogP contribution in [0, 0.1) is 5.82 Å². The molecule has 2 aromatic carbocycles. The van der Waals surface area contributed by atoms with Gasteiger partial charge in [0.15, 0.2) is 6.04 Å². The molecule has 1 unspecified atom stereocenters. The zero-order valence-corrected chi connectivity index (χ0v) is 14.7. The summed E-state index contributed by atoms with van der Waals surface area (Å²) in [5.74, 6) is 0.105. The summed E-state index contributed by atoms with van der Waals surface area (Å²) >= 11 is 5.97. The predicted molar refractivity (Wildman–Crippen MR) is 93.1 cm³/mol. The maximum absolute atomic E-state index is 13.3. The highest BCUT2D eigenvalue weighted by atomic mass is 35.5. The molecule has 0 saturated heterocycles. The van der Waals surface area contributed by atoms with Crippen LogP contribution in [0.2, 0.25) is 5.02 Å². The fraction of sp³-hybridized carbons (Fsp3) is 0.278. The molecule has 6 heteroatoms. The Bertz CT molecular complexity index is 724. The molecule has 24 heavy (non-hydrogen) atoms. The average molecular weight is 352 g/mol. The molecule has 0 radical (unpaired) electrons. The predicted octanol–water partition coefficient (Wildman–Crippen LogP) is 2.53. The number of benzene rings is 2. The Labute approximate surface area is 146 Å². The molecule has 0 bridgehead atoms. The average Bonchev–Trinajstić information content (AvgIpc) is 2.54. The van der Waals surface area contributed by atoms with E-state index in [0.717, 1.165) is 10.5 Å². The van der Waals surface area contributed by atoms with E-state index in [4.69, 9.17) is 16.3 Å². The van der Waals surface area contributed by atoms with Gasteiger partial charge in [-0.3, -0.25) is 4.79 Å². The number of likely N-dealkylation sites (N-methyl/N-ethyl adjacent to an activating group) is 1. The standard InChI is InChI=1S/C18H20ClFN2O2/c1-12(22(2)11-13-5-4-6-15(20)9-13)18(23)21-16-10-14(19)7-8-17(16)24-3/h4-10,12H,11H2,1-3H3,(H,21,23)/p+1/t12-/m1/s1. The molecule has 0 spiro atoms. The molecular weight excluding hydrogens is 331 g/mol. The van der Waals surface area contributed by atoms with Crippen molar-refractivity contribution in [3.05, 3.63) is 58.9 Å². The Morgan fingerprint density at radius 1 is 1.33 bits per heavy atom. The van der Waals surface area contributed by atoms with Crippen molar-refractivity contribution in [3.63, 3.8) is 0 Å². The Morgan fingerprint density at radius 3 is 2.75 bits per heavy atom. The molecule has 0 fully saturated rings. The number of halogens is 2. The molecule has 2 aromatic rings. The van der Waals surface area contributed by atoms with Crippen LogP contribution < -0.4 is 15.0 Å². The van der Waals surface area contributed by atoms with E-state index in [1.54, 1.807) is 24.3 Å². The number of carbonyl (C=O) groups excluding carboxylic acids is 1. The lowest BCUT2D eigenvalue weighted by atomic mass is 10.1. The Balaban J connectivity index is 2.05. The minimum atomic E-state index is -0.336. The summed E-state index contributed by atoms with van der Waals surface area (Å²) in [4.78, 5) is 13.4. The first-order valence-corrected chi connectivity index (χ1v) is 7.99. The lowest BCUT2D eigenvalue weighted by Crippen LogP contribution is -3.12. The summed E-state index contributed by atoms with van der Waals surface area (Å²) in [6.07, 6.45) is 0. The van der Waals surface area contributed by atoms with Crippen LogP contribution in [0.1, 0.15) is 12.5 Å². The first kappa shape index (κ1) is 18.2. The van der Waals surface area contributed by atoms with Crippen LogP contribution in [0.3, 0.4) is 0 Å². The second-order valence-corrected chi connectivity index (χ2v) is 6.15. The van der Waals surface area contributed by atoms with Crippen molar-refractivity contribution in [1.29, 1.82) is 0 Å². The monoisotopic (exact) mass is 351 g/mol. The second-order valence-electron chi connectivity index (χ2n) is 5.71. The Hall–Kier alpha value is -2.11. The lowest BCUT2D eigenvalue weighted by Gasteiger charge is -2.21. The first-order valence-electron chi connectivity index (χ1n) is 7.62. The van der Waals surface area contributed by atoms with Crippen LogP contribution >= 0.6 is 11.6 Å². The van der Waals surface area contributed by atoms with E-state index in [0.29, 0.717) is 23.0 Å². The van der Waals surface area contributed by atoms with Crippen molar-refractivity contribution in [1.82, 2.24) is 0 Å². The molecule has 2 atom stereocenters. The third-order valence-electron chi connectivity index (χ3n) is 3.92. The maximum Gasteiger partial charge on any atom is 0.282 e. The smallest absolute Gasteiger partial charge is 0.282 e. The number of carbonyl (C=O) groups is 1. The number of anilines is 1. The van der Waals surface area contributed by atoms with Gasteiger partial charge in [-0.1, -0.05) is 23.7 Å². The fourth-order valence-corrected chi connectivity index (χ4v) is 2.54. The molecule has 0 aliphatic carbocycles.